The molecule has 1 aromatic heterocycles. The second-order valence-electron chi connectivity index (χ2n) is 9.86. The van der Waals surface area contributed by atoms with Gasteiger partial charge >= 0.3 is 5.69 Å². The number of carbonyl (C=O) groups excluding carboxylic acids is 1. The fourth-order valence-electron chi connectivity index (χ4n) is 4.10. The molecule has 4 aromatic rings. The van der Waals surface area contributed by atoms with Crippen LogP contribution >= 0.6 is 0 Å². The molecule has 3 aromatic carbocycles. The number of anilines is 1. The standard InChI is InChI=1S/C30H28FN3O5/c1-30(2,3)23-15-21(22-11-8-14-32-29(22)39-18-19-9-6-5-7-10-19)17-25(27(23)38-4)33-28(35)20-12-13-26(34(36)37)24(31)16-20/h5-17H,18H2,1-4H3,(H,33,35). The molecule has 0 atom stereocenters. The summed E-state index contributed by atoms with van der Waals surface area (Å²) in [5.74, 6) is -0.885. The Balaban J connectivity index is 1.76. The smallest absolute Gasteiger partial charge is 0.304 e. The number of aromatic nitrogens is 1. The Labute approximate surface area is 225 Å². The van der Waals surface area contributed by atoms with E-state index >= 15 is 0 Å². The SMILES string of the molecule is COc1c(NC(=O)c2ccc([N+](=O)[O-])c(F)c2)cc(-c2cccnc2OCc2ccccc2)cc1C(C)(C)C. The summed E-state index contributed by atoms with van der Waals surface area (Å²) in [7, 11) is 1.50. The Morgan fingerprint density at radius 2 is 1.79 bits per heavy atom. The molecule has 0 aliphatic heterocycles. The summed E-state index contributed by atoms with van der Waals surface area (Å²) in [6.07, 6.45) is 1.64. The third-order valence-electron chi connectivity index (χ3n) is 6.06. The molecular formula is C30H28FN3O5. The van der Waals surface area contributed by atoms with Gasteiger partial charge in [-0.05, 0) is 52.9 Å². The second kappa shape index (κ2) is 11.3. The molecule has 0 radical (unpaired) electrons. The topological polar surface area (TPSA) is 104 Å². The predicted octanol–water partition coefficient (Wildman–Crippen LogP) is 6.93. The lowest BCUT2D eigenvalue weighted by molar-refractivity contribution is -0.387. The molecule has 0 aliphatic carbocycles. The maximum Gasteiger partial charge on any atom is 0.304 e. The Morgan fingerprint density at radius 1 is 1.05 bits per heavy atom. The maximum atomic E-state index is 14.2. The number of benzene rings is 3. The number of ether oxygens (including phenoxy) is 2. The summed E-state index contributed by atoms with van der Waals surface area (Å²) in [6.45, 7) is 6.37. The Bertz CT molecular complexity index is 1520. The molecule has 1 amide bonds. The largest absolute Gasteiger partial charge is 0.494 e. The number of pyridine rings is 1. The third kappa shape index (κ3) is 6.20. The molecule has 0 bridgehead atoms. The molecule has 0 saturated heterocycles. The summed E-state index contributed by atoms with van der Waals surface area (Å²) in [5, 5.41) is 13.8. The molecule has 0 aliphatic rings. The molecule has 0 spiro atoms. The number of hydrogen-bond acceptors (Lipinski definition) is 6. The van der Waals surface area contributed by atoms with Gasteiger partial charge in [0.25, 0.3) is 5.91 Å². The normalized spacial score (nSPS) is 11.1. The molecular weight excluding hydrogens is 501 g/mol. The van der Waals surface area contributed by atoms with Crippen LogP contribution in [0.5, 0.6) is 11.6 Å². The van der Waals surface area contributed by atoms with Crippen LogP contribution in [-0.2, 0) is 12.0 Å². The molecule has 0 saturated carbocycles. The minimum Gasteiger partial charge on any atom is -0.494 e. The van der Waals surface area contributed by atoms with Crippen molar-refractivity contribution in [3.05, 3.63) is 112 Å². The van der Waals surface area contributed by atoms with E-state index < -0.39 is 22.3 Å². The van der Waals surface area contributed by atoms with Crippen LogP contribution in [0.4, 0.5) is 15.8 Å². The number of nitro benzene ring substituents is 1. The lowest BCUT2D eigenvalue weighted by Crippen LogP contribution is -2.17. The van der Waals surface area contributed by atoms with Gasteiger partial charge in [0.05, 0.1) is 17.7 Å². The van der Waals surface area contributed by atoms with E-state index in [0.717, 1.165) is 28.8 Å². The van der Waals surface area contributed by atoms with Crippen molar-refractivity contribution in [3.8, 4) is 22.8 Å². The van der Waals surface area contributed by atoms with Gasteiger partial charge in [0.15, 0.2) is 0 Å². The first-order chi connectivity index (χ1) is 18.6. The zero-order chi connectivity index (χ0) is 28.2. The summed E-state index contributed by atoms with van der Waals surface area (Å²) in [4.78, 5) is 27.7. The minimum absolute atomic E-state index is 0.0730. The highest BCUT2D eigenvalue weighted by Gasteiger charge is 2.25. The van der Waals surface area contributed by atoms with Gasteiger partial charge in [-0.1, -0.05) is 51.1 Å². The molecule has 8 nitrogen and oxygen atoms in total. The van der Waals surface area contributed by atoms with E-state index in [2.05, 4.69) is 10.3 Å². The van der Waals surface area contributed by atoms with E-state index in [4.69, 9.17) is 9.47 Å². The quantitative estimate of drug-likeness (QED) is 0.196. The highest BCUT2D eigenvalue weighted by atomic mass is 19.1. The van der Waals surface area contributed by atoms with E-state index in [0.29, 0.717) is 29.5 Å². The van der Waals surface area contributed by atoms with Gasteiger partial charge in [0.2, 0.25) is 11.7 Å². The average Bonchev–Trinajstić information content (AvgIpc) is 2.91. The van der Waals surface area contributed by atoms with E-state index in [9.17, 15) is 19.3 Å². The minimum atomic E-state index is -1.10. The Hall–Kier alpha value is -4.79. The van der Waals surface area contributed by atoms with Crippen LogP contribution in [0.1, 0.15) is 42.3 Å². The van der Waals surface area contributed by atoms with Crippen LogP contribution in [0, 0.1) is 15.9 Å². The zero-order valence-corrected chi connectivity index (χ0v) is 22.0. The van der Waals surface area contributed by atoms with Gasteiger partial charge in [0.1, 0.15) is 12.4 Å². The van der Waals surface area contributed by atoms with Crippen molar-refractivity contribution in [1.82, 2.24) is 4.98 Å². The molecule has 0 unspecified atom stereocenters. The van der Waals surface area contributed by atoms with E-state index in [1.165, 1.54) is 13.2 Å². The Morgan fingerprint density at radius 3 is 2.44 bits per heavy atom. The van der Waals surface area contributed by atoms with Crippen molar-refractivity contribution >= 4 is 17.3 Å². The number of amides is 1. The number of hydrogen-bond donors (Lipinski definition) is 1. The maximum absolute atomic E-state index is 14.2. The lowest BCUT2D eigenvalue weighted by atomic mass is 9.84. The van der Waals surface area contributed by atoms with Gasteiger partial charge in [0, 0.05) is 29.0 Å². The van der Waals surface area contributed by atoms with E-state index in [1.54, 1.807) is 18.3 Å². The van der Waals surface area contributed by atoms with E-state index in [1.807, 2.05) is 63.2 Å². The Kier molecular flexibility index (Phi) is 7.90. The van der Waals surface area contributed by atoms with Crippen LogP contribution in [-0.4, -0.2) is 22.9 Å². The van der Waals surface area contributed by atoms with Crippen LogP contribution in [0.15, 0.2) is 79.0 Å². The molecule has 1 heterocycles. The van der Waals surface area contributed by atoms with Gasteiger partial charge < -0.3 is 14.8 Å². The first-order valence-corrected chi connectivity index (χ1v) is 12.2. The molecule has 9 heteroatoms. The molecule has 39 heavy (non-hydrogen) atoms. The zero-order valence-electron chi connectivity index (χ0n) is 22.0. The fraction of sp³-hybridized carbons (Fsp3) is 0.200. The van der Waals surface area contributed by atoms with Crippen molar-refractivity contribution in [3.63, 3.8) is 0 Å². The first-order valence-electron chi connectivity index (χ1n) is 12.2. The first kappa shape index (κ1) is 27.3. The van der Waals surface area contributed by atoms with Gasteiger partial charge in [-0.25, -0.2) is 4.98 Å². The van der Waals surface area contributed by atoms with Crippen molar-refractivity contribution in [2.24, 2.45) is 0 Å². The highest BCUT2D eigenvalue weighted by molar-refractivity contribution is 6.05. The number of methoxy groups -OCH3 is 1. The fourth-order valence-corrected chi connectivity index (χ4v) is 4.10. The third-order valence-corrected chi connectivity index (χ3v) is 6.06. The molecule has 1 N–H and O–H groups in total. The monoisotopic (exact) mass is 529 g/mol. The van der Waals surface area contributed by atoms with Crippen molar-refractivity contribution in [1.29, 1.82) is 0 Å². The molecule has 0 fully saturated rings. The number of nitro groups is 1. The number of nitrogens with one attached hydrogen (secondary N) is 1. The van der Waals surface area contributed by atoms with E-state index in [-0.39, 0.29) is 11.0 Å². The number of rotatable bonds is 8. The van der Waals surface area contributed by atoms with Crippen molar-refractivity contribution in [2.45, 2.75) is 32.8 Å². The van der Waals surface area contributed by atoms with Crippen LogP contribution in [0.3, 0.4) is 0 Å². The highest BCUT2D eigenvalue weighted by Crippen LogP contribution is 2.42. The van der Waals surface area contributed by atoms with Crippen LogP contribution < -0.4 is 14.8 Å². The number of halogens is 1. The summed E-state index contributed by atoms with van der Waals surface area (Å²) >= 11 is 0. The van der Waals surface area contributed by atoms with Gasteiger partial charge in [-0.3, -0.25) is 14.9 Å². The van der Waals surface area contributed by atoms with Gasteiger partial charge in [-0.2, -0.15) is 4.39 Å². The second-order valence-corrected chi connectivity index (χ2v) is 9.86. The van der Waals surface area contributed by atoms with Crippen molar-refractivity contribution in [2.75, 3.05) is 12.4 Å². The average molecular weight is 530 g/mol. The van der Waals surface area contributed by atoms with Crippen molar-refractivity contribution < 1.29 is 23.6 Å². The summed E-state index contributed by atoms with van der Waals surface area (Å²) < 4.78 is 26.0. The lowest BCUT2D eigenvalue weighted by Gasteiger charge is -2.25. The summed E-state index contributed by atoms with van der Waals surface area (Å²) in [5.41, 5.74) is 2.42. The number of nitrogens with zero attached hydrogens (tertiary/aromatic N) is 2. The number of carbonyl (C=O) groups is 1. The molecule has 4 rings (SSSR count). The predicted molar refractivity (Wildman–Crippen MR) is 147 cm³/mol. The summed E-state index contributed by atoms with van der Waals surface area (Å²) in [6, 6.07) is 20.1. The molecule has 200 valence electrons. The van der Waals surface area contributed by atoms with Crippen LogP contribution in [0.2, 0.25) is 0 Å². The van der Waals surface area contributed by atoms with Crippen LogP contribution in [0.25, 0.3) is 11.1 Å². The van der Waals surface area contributed by atoms with Gasteiger partial charge in [-0.15, -0.1) is 0 Å².